The molecule has 20 heavy (non-hydrogen) atoms. The summed E-state index contributed by atoms with van der Waals surface area (Å²) in [5.74, 6) is -1.87. The molecule has 0 aliphatic heterocycles. The number of aliphatic hydroxyl groups excluding tert-OH is 1. The molecule has 106 valence electrons. The van der Waals surface area contributed by atoms with Gasteiger partial charge in [-0.05, 0) is 41.8 Å². The van der Waals surface area contributed by atoms with Gasteiger partial charge in [0, 0.05) is 25.5 Å². The lowest BCUT2D eigenvalue weighted by Gasteiger charge is -2.13. The van der Waals surface area contributed by atoms with Gasteiger partial charge in [-0.3, -0.25) is 4.98 Å². The first kappa shape index (κ1) is 14.6. The van der Waals surface area contributed by atoms with Crippen LogP contribution in [0, 0.1) is 18.6 Å². The van der Waals surface area contributed by atoms with Crippen molar-refractivity contribution in [1.82, 2.24) is 10.3 Å². The Labute approximate surface area is 116 Å². The number of aliphatic hydroxyl groups is 1. The zero-order valence-electron chi connectivity index (χ0n) is 11.1. The second kappa shape index (κ2) is 6.54. The maximum atomic E-state index is 13.1. The van der Waals surface area contributed by atoms with Crippen molar-refractivity contribution in [2.75, 3.05) is 6.54 Å². The molecular weight excluding hydrogens is 262 g/mol. The fourth-order valence-corrected chi connectivity index (χ4v) is 1.86. The first-order chi connectivity index (χ1) is 9.58. The summed E-state index contributed by atoms with van der Waals surface area (Å²) in [5.41, 5.74) is 2.49. The average Bonchev–Trinajstić information content (AvgIpc) is 2.44. The van der Waals surface area contributed by atoms with Crippen LogP contribution in [0.4, 0.5) is 8.78 Å². The summed E-state index contributed by atoms with van der Waals surface area (Å²) >= 11 is 0. The number of aryl methyl sites for hydroxylation is 1. The van der Waals surface area contributed by atoms with Gasteiger partial charge in [0.25, 0.3) is 0 Å². The number of rotatable bonds is 5. The van der Waals surface area contributed by atoms with E-state index < -0.39 is 17.7 Å². The lowest BCUT2D eigenvalue weighted by molar-refractivity contribution is 0.173. The van der Waals surface area contributed by atoms with Crippen LogP contribution in [0.25, 0.3) is 0 Å². The Bertz CT molecular complexity index is 590. The molecule has 0 aliphatic carbocycles. The fourth-order valence-electron chi connectivity index (χ4n) is 1.86. The number of pyridine rings is 1. The van der Waals surface area contributed by atoms with Gasteiger partial charge in [0.2, 0.25) is 0 Å². The van der Waals surface area contributed by atoms with Gasteiger partial charge in [0.05, 0.1) is 6.10 Å². The molecule has 0 amide bonds. The van der Waals surface area contributed by atoms with Crippen molar-refractivity contribution in [2.24, 2.45) is 0 Å². The van der Waals surface area contributed by atoms with E-state index in [4.69, 9.17) is 0 Å². The van der Waals surface area contributed by atoms with E-state index in [9.17, 15) is 13.9 Å². The highest BCUT2D eigenvalue weighted by Crippen LogP contribution is 2.16. The summed E-state index contributed by atoms with van der Waals surface area (Å²) in [4.78, 5) is 4.03. The van der Waals surface area contributed by atoms with E-state index in [1.54, 1.807) is 12.4 Å². The summed E-state index contributed by atoms with van der Waals surface area (Å²) in [6.45, 7) is 2.78. The van der Waals surface area contributed by atoms with Crippen LogP contribution in [0.1, 0.15) is 22.8 Å². The zero-order valence-corrected chi connectivity index (χ0v) is 11.1. The van der Waals surface area contributed by atoms with Crippen molar-refractivity contribution >= 4 is 0 Å². The predicted molar refractivity (Wildman–Crippen MR) is 72.0 cm³/mol. The van der Waals surface area contributed by atoms with Crippen LogP contribution in [0.5, 0.6) is 0 Å². The minimum Gasteiger partial charge on any atom is -0.387 e. The topological polar surface area (TPSA) is 45.2 Å². The molecule has 0 saturated carbocycles. The first-order valence-corrected chi connectivity index (χ1v) is 6.31. The quantitative estimate of drug-likeness (QED) is 0.883. The molecule has 2 rings (SSSR count). The monoisotopic (exact) mass is 278 g/mol. The van der Waals surface area contributed by atoms with Crippen molar-refractivity contribution in [3.8, 4) is 0 Å². The molecule has 5 heteroatoms. The van der Waals surface area contributed by atoms with Crippen LogP contribution >= 0.6 is 0 Å². The van der Waals surface area contributed by atoms with Crippen LogP contribution in [-0.2, 0) is 6.54 Å². The van der Waals surface area contributed by atoms with E-state index in [-0.39, 0.29) is 6.54 Å². The zero-order chi connectivity index (χ0) is 14.5. The highest BCUT2D eigenvalue weighted by molar-refractivity contribution is 5.22. The van der Waals surface area contributed by atoms with Gasteiger partial charge in [0.15, 0.2) is 11.6 Å². The highest BCUT2D eigenvalue weighted by atomic mass is 19.2. The van der Waals surface area contributed by atoms with E-state index >= 15 is 0 Å². The molecule has 1 aromatic carbocycles. The number of halogens is 2. The molecule has 0 fully saturated rings. The number of hydrogen-bond acceptors (Lipinski definition) is 3. The third-order valence-corrected chi connectivity index (χ3v) is 3.13. The molecule has 0 spiro atoms. The second-order valence-electron chi connectivity index (χ2n) is 4.62. The normalized spacial score (nSPS) is 12.4. The van der Waals surface area contributed by atoms with Crippen molar-refractivity contribution in [3.63, 3.8) is 0 Å². The number of aromatic nitrogens is 1. The van der Waals surface area contributed by atoms with Gasteiger partial charge >= 0.3 is 0 Å². The van der Waals surface area contributed by atoms with Crippen molar-refractivity contribution in [2.45, 2.75) is 19.6 Å². The summed E-state index contributed by atoms with van der Waals surface area (Å²) in [7, 11) is 0. The highest BCUT2D eigenvalue weighted by Gasteiger charge is 2.10. The SMILES string of the molecule is Cc1ccncc1CNCC(O)c1ccc(F)c(F)c1. The van der Waals surface area contributed by atoms with E-state index in [1.165, 1.54) is 6.07 Å². The molecule has 1 unspecified atom stereocenters. The minimum atomic E-state index is -0.954. The van der Waals surface area contributed by atoms with Crippen molar-refractivity contribution in [1.29, 1.82) is 0 Å². The molecule has 0 bridgehead atoms. The van der Waals surface area contributed by atoms with E-state index in [0.717, 1.165) is 23.3 Å². The summed E-state index contributed by atoms with van der Waals surface area (Å²) in [6.07, 6.45) is 2.59. The van der Waals surface area contributed by atoms with Crippen LogP contribution in [-0.4, -0.2) is 16.6 Å². The van der Waals surface area contributed by atoms with Gasteiger partial charge in [-0.25, -0.2) is 8.78 Å². The van der Waals surface area contributed by atoms with Gasteiger partial charge in [-0.1, -0.05) is 6.07 Å². The maximum absolute atomic E-state index is 13.1. The summed E-state index contributed by atoms with van der Waals surface area (Å²) in [5, 5.41) is 13.0. The third kappa shape index (κ3) is 3.59. The Morgan fingerprint density at radius 3 is 2.75 bits per heavy atom. The molecule has 2 aromatic rings. The van der Waals surface area contributed by atoms with Crippen LogP contribution in [0.3, 0.4) is 0 Å². The molecule has 0 aliphatic rings. The maximum Gasteiger partial charge on any atom is 0.159 e. The van der Waals surface area contributed by atoms with E-state index in [0.29, 0.717) is 12.1 Å². The van der Waals surface area contributed by atoms with Crippen molar-refractivity contribution in [3.05, 3.63) is 65.0 Å². The largest absolute Gasteiger partial charge is 0.387 e. The number of nitrogens with zero attached hydrogens (tertiary/aromatic N) is 1. The van der Waals surface area contributed by atoms with E-state index in [2.05, 4.69) is 10.3 Å². The first-order valence-electron chi connectivity index (χ1n) is 6.31. The molecule has 1 aromatic heterocycles. The molecule has 0 radical (unpaired) electrons. The fraction of sp³-hybridized carbons (Fsp3) is 0.267. The molecule has 1 atom stereocenters. The number of nitrogens with one attached hydrogen (secondary N) is 1. The molecule has 2 N–H and O–H groups in total. The Kier molecular flexibility index (Phi) is 4.76. The van der Waals surface area contributed by atoms with Crippen LogP contribution in [0.2, 0.25) is 0 Å². The Morgan fingerprint density at radius 2 is 2.05 bits per heavy atom. The lowest BCUT2D eigenvalue weighted by Crippen LogP contribution is -2.21. The van der Waals surface area contributed by atoms with Crippen molar-refractivity contribution < 1.29 is 13.9 Å². The lowest BCUT2D eigenvalue weighted by atomic mass is 10.1. The third-order valence-electron chi connectivity index (χ3n) is 3.13. The van der Waals surface area contributed by atoms with E-state index in [1.807, 2.05) is 13.0 Å². The molecular formula is C15H16F2N2O. The average molecular weight is 278 g/mol. The number of benzene rings is 1. The van der Waals surface area contributed by atoms with Gasteiger partial charge < -0.3 is 10.4 Å². The van der Waals surface area contributed by atoms with Gasteiger partial charge in [-0.2, -0.15) is 0 Å². The second-order valence-corrected chi connectivity index (χ2v) is 4.62. The summed E-state index contributed by atoms with van der Waals surface area (Å²) in [6, 6.07) is 5.30. The Hall–Kier alpha value is -1.85. The van der Waals surface area contributed by atoms with Crippen LogP contribution < -0.4 is 5.32 Å². The molecule has 1 heterocycles. The Balaban J connectivity index is 1.90. The minimum absolute atomic E-state index is 0.249. The Morgan fingerprint density at radius 1 is 1.25 bits per heavy atom. The van der Waals surface area contributed by atoms with Crippen LogP contribution in [0.15, 0.2) is 36.7 Å². The standard InChI is InChI=1S/C15H16F2N2O/c1-10-4-5-18-7-12(10)8-19-9-15(20)11-2-3-13(16)14(17)6-11/h2-7,15,19-20H,8-9H2,1H3. The predicted octanol–water partition coefficient (Wildman–Crippen LogP) is 2.49. The van der Waals surface area contributed by atoms with Gasteiger partial charge in [0.1, 0.15) is 0 Å². The molecule has 0 saturated heterocycles. The van der Waals surface area contributed by atoms with Gasteiger partial charge in [-0.15, -0.1) is 0 Å². The smallest absolute Gasteiger partial charge is 0.159 e. The number of hydrogen-bond donors (Lipinski definition) is 2. The molecule has 3 nitrogen and oxygen atoms in total. The summed E-state index contributed by atoms with van der Waals surface area (Å²) < 4.78 is 25.9.